The van der Waals surface area contributed by atoms with Crippen molar-refractivity contribution in [2.45, 2.75) is 0 Å². The molecule has 2 atom stereocenters. The van der Waals surface area contributed by atoms with Crippen LogP contribution < -0.4 is 41.6 Å². The summed E-state index contributed by atoms with van der Waals surface area (Å²) in [5.41, 5.74) is 6.69. The van der Waals surface area contributed by atoms with Crippen LogP contribution in [0, 0.1) is 0 Å². The van der Waals surface area contributed by atoms with Crippen LogP contribution in [0.5, 0.6) is 0 Å². The van der Waals surface area contributed by atoms with E-state index in [-0.39, 0.29) is 0 Å². The van der Waals surface area contributed by atoms with Gasteiger partial charge in [-0.3, -0.25) is 0 Å². The average molecular weight is 689 g/mol. The zero-order chi connectivity index (χ0) is 32.3. The second-order valence-electron chi connectivity index (χ2n) is 12.0. The van der Waals surface area contributed by atoms with Crippen molar-refractivity contribution in [2.75, 3.05) is 9.80 Å². The quantitative estimate of drug-likeness (QED) is 0.171. The third-order valence-corrected chi connectivity index (χ3v) is 19.3. The summed E-state index contributed by atoms with van der Waals surface area (Å²) in [6.45, 7) is 0. The lowest BCUT2D eigenvalue weighted by Crippen LogP contribution is -2.42. The zero-order valence-corrected chi connectivity index (χ0v) is 29.3. The number of hydrogen-bond acceptors (Lipinski definition) is 4. The molecule has 0 radical (unpaired) electrons. The Morgan fingerprint density at radius 2 is 0.646 bits per heavy atom. The predicted octanol–water partition coefficient (Wildman–Crippen LogP) is 8.76. The Kier molecular flexibility index (Phi) is 7.11. The molecule has 0 N–H and O–H groups in total. The molecule has 6 heteroatoms. The van der Waals surface area contributed by atoms with Crippen LogP contribution in [0.3, 0.4) is 0 Å². The fourth-order valence-electron chi connectivity index (χ4n) is 7.32. The first-order valence-corrected chi connectivity index (χ1v) is 21.6. The maximum absolute atomic E-state index is 7.08. The van der Waals surface area contributed by atoms with E-state index in [1.54, 1.807) is 0 Å². The maximum atomic E-state index is 7.08. The molecule has 2 heterocycles. The van der Waals surface area contributed by atoms with Crippen molar-refractivity contribution >= 4 is 102 Å². The largest absolute Gasteiger partial charge is 0.309 e. The molecule has 0 saturated heterocycles. The Labute approximate surface area is 292 Å². The lowest BCUT2D eigenvalue weighted by atomic mass is 10.1. The SMILES string of the molecule is S=P1(c2ccccc2)c2ccccc2N(c2ccccc2)c2cc3c(cc21)P(=S)(c1ccccc1)c1ccccc1N3c1ccccc1. The molecule has 7 aromatic rings. The smallest absolute Gasteiger partial charge is 0.0574 e. The summed E-state index contributed by atoms with van der Waals surface area (Å²) in [4.78, 5) is 4.82. The Morgan fingerprint density at radius 1 is 0.312 bits per heavy atom. The molecule has 2 unspecified atom stereocenters. The highest BCUT2D eigenvalue weighted by molar-refractivity contribution is 8.26. The maximum Gasteiger partial charge on any atom is 0.0574 e. The second kappa shape index (κ2) is 11.5. The monoisotopic (exact) mass is 688 g/mol. The van der Waals surface area contributed by atoms with Crippen LogP contribution in [0.4, 0.5) is 34.1 Å². The van der Waals surface area contributed by atoms with Gasteiger partial charge in [0.1, 0.15) is 0 Å². The van der Waals surface area contributed by atoms with Gasteiger partial charge in [-0.2, -0.15) is 0 Å². The van der Waals surface area contributed by atoms with Gasteiger partial charge in [0.25, 0.3) is 0 Å². The number of anilines is 6. The lowest BCUT2D eigenvalue weighted by molar-refractivity contribution is 1.27. The van der Waals surface area contributed by atoms with E-state index in [1.165, 1.54) is 31.8 Å². The minimum Gasteiger partial charge on any atom is -0.309 e. The van der Waals surface area contributed by atoms with Gasteiger partial charge < -0.3 is 9.80 Å². The minimum atomic E-state index is -2.53. The topological polar surface area (TPSA) is 6.48 Å². The zero-order valence-electron chi connectivity index (χ0n) is 25.9. The van der Waals surface area contributed by atoms with Crippen LogP contribution in [0.1, 0.15) is 0 Å². The van der Waals surface area contributed by atoms with Crippen molar-refractivity contribution in [3.63, 3.8) is 0 Å². The molecule has 0 bridgehead atoms. The van der Waals surface area contributed by atoms with Crippen molar-refractivity contribution in [3.8, 4) is 0 Å². The Hall–Kier alpha value is -4.56. The van der Waals surface area contributed by atoms with Gasteiger partial charge in [0, 0.05) is 44.7 Å². The van der Waals surface area contributed by atoms with Gasteiger partial charge in [0.05, 0.1) is 22.7 Å². The van der Waals surface area contributed by atoms with Crippen molar-refractivity contribution in [3.05, 3.63) is 182 Å². The molecular weight excluding hydrogens is 659 g/mol. The van der Waals surface area contributed by atoms with E-state index in [2.05, 4.69) is 192 Å². The van der Waals surface area contributed by atoms with Gasteiger partial charge >= 0.3 is 0 Å². The first-order chi connectivity index (χ1) is 23.6. The summed E-state index contributed by atoms with van der Waals surface area (Å²) < 4.78 is 0. The van der Waals surface area contributed by atoms with Crippen LogP contribution in [0.25, 0.3) is 0 Å². The standard InChI is InChI=1S/C42H30N2P2S2/c47-45(33-21-9-3-10-22-33)39-27-15-13-25-35(39)43(31-17-5-1-6-18-31)37-29-38-42(30-41(37)45)46(48,34-23-11-4-12-24-34)40-28-16-14-26-36(40)44(38)32-19-7-2-8-20-32/h1-30H. The molecule has 2 aliphatic rings. The first-order valence-electron chi connectivity index (χ1n) is 16.0. The van der Waals surface area contributed by atoms with E-state index in [4.69, 9.17) is 23.6 Å². The van der Waals surface area contributed by atoms with Crippen LogP contribution in [-0.4, -0.2) is 0 Å². The van der Waals surface area contributed by atoms with Gasteiger partial charge in [-0.25, -0.2) is 0 Å². The van der Waals surface area contributed by atoms with Gasteiger partial charge in [-0.1, -0.05) is 157 Å². The Balaban J connectivity index is 1.46. The minimum absolute atomic E-state index is 1.10. The van der Waals surface area contributed by atoms with E-state index >= 15 is 0 Å². The highest BCUT2D eigenvalue weighted by Crippen LogP contribution is 2.59. The van der Waals surface area contributed by atoms with E-state index in [0.717, 1.165) is 34.1 Å². The number of para-hydroxylation sites is 4. The summed E-state index contributed by atoms with van der Waals surface area (Å²) in [6.07, 6.45) is 0. The van der Waals surface area contributed by atoms with Crippen molar-refractivity contribution in [1.82, 2.24) is 0 Å². The Bertz CT molecular complexity index is 2250. The summed E-state index contributed by atoms with van der Waals surface area (Å²) in [5, 5.41) is 7.14. The third-order valence-electron chi connectivity index (χ3n) is 9.42. The number of fused-ring (bicyclic) bond motifs is 4. The second-order valence-corrected chi connectivity index (χ2v) is 20.7. The number of benzene rings is 7. The molecule has 0 fully saturated rings. The van der Waals surface area contributed by atoms with Crippen LogP contribution >= 0.6 is 12.1 Å². The molecule has 0 spiro atoms. The molecule has 0 amide bonds. The number of nitrogens with zero attached hydrogens (tertiary/aromatic N) is 2. The van der Waals surface area contributed by atoms with Crippen LogP contribution in [0.2, 0.25) is 0 Å². The molecule has 2 aliphatic heterocycles. The molecule has 9 rings (SSSR count). The molecule has 0 aliphatic carbocycles. The fraction of sp³-hybridized carbons (Fsp3) is 0. The molecule has 0 aromatic heterocycles. The first kappa shape index (κ1) is 29.6. The van der Waals surface area contributed by atoms with Crippen LogP contribution in [0.15, 0.2) is 182 Å². The number of rotatable bonds is 4. The summed E-state index contributed by atoms with van der Waals surface area (Å²) in [6, 6.07) is 60.1. The van der Waals surface area contributed by atoms with E-state index < -0.39 is 12.1 Å². The molecule has 0 saturated carbocycles. The third kappa shape index (κ3) is 4.31. The fourth-order valence-corrected chi connectivity index (χ4v) is 16.0. The molecule has 230 valence electrons. The van der Waals surface area contributed by atoms with Gasteiger partial charge in [0.15, 0.2) is 0 Å². The highest BCUT2D eigenvalue weighted by atomic mass is 32.4. The predicted molar refractivity (Wildman–Crippen MR) is 215 cm³/mol. The lowest BCUT2D eigenvalue weighted by Gasteiger charge is -2.44. The van der Waals surface area contributed by atoms with Gasteiger partial charge in [0.2, 0.25) is 0 Å². The average Bonchev–Trinajstić information content (AvgIpc) is 3.16. The summed E-state index contributed by atoms with van der Waals surface area (Å²) in [5.74, 6) is 0. The molecular formula is C42H30N2P2S2. The number of hydrogen-bond donors (Lipinski definition) is 0. The highest BCUT2D eigenvalue weighted by Gasteiger charge is 2.43. The van der Waals surface area contributed by atoms with Crippen molar-refractivity contribution < 1.29 is 0 Å². The van der Waals surface area contributed by atoms with E-state index in [9.17, 15) is 0 Å². The molecule has 2 nitrogen and oxygen atoms in total. The van der Waals surface area contributed by atoms with Crippen LogP contribution in [-0.2, 0) is 23.6 Å². The van der Waals surface area contributed by atoms with Crippen molar-refractivity contribution in [2.24, 2.45) is 0 Å². The van der Waals surface area contributed by atoms with Gasteiger partial charge in [-0.15, -0.1) is 0 Å². The summed E-state index contributed by atoms with van der Waals surface area (Å²) in [7, 11) is 0. The Morgan fingerprint density at radius 3 is 1.04 bits per heavy atom. The van der Waals surface area contributed by atoms with Crippen molar-refractivity contribution in [1.29, 1.82) is 0 Å². The van der Waals surface area contributed by atoms with E-state index in [1.807, 2.05) is 0 Å². The molecule has 48 heavy (non-hydrogen) atoms. The summed E-state index contributed by atoms with van der Waals surface area (Å²) >= 11 is 14.2. The normalized spacial score (nSPS) is 19.1. The van der Waals surface area contributed by atoms with Gasteiger partial charge in [-0.05, 0) is 59.1 Å². The van der Waals surface area contributed by atoms with E-state index in [0.29, 0.717) is 0 Å². The molecule has 7 aromatic carbocycles.